The molecule has 4 heterocycles. The minimum Gasteiger partial charge on any atom is -0.478 e. The van der Waals surface area contributed by atoms with Crippen molar-refractivity contribution in [2.75, 3.05) is 38.9 Å². The number of hydrogen-bond acceptors (Lipinski definition) is 24. The van der Waals surface area contributed by atoms with Crippen LogP contribution in [-0.4, -0.2) is 199 Å². The van der Waals surface area contributed by atoms with Crippen LogP contribution in [0.4, 0.5) is 9.59 Å². The van der Waals surface area contributed by atoms with Gasteiger partial charge in [-0.15, -0.1) is 0 Å². The summed E-state index contributed by atoms with van der Waals surface area (Å²) in [6.07, 6.45) is -16.4. The van der Waals surface area contributed by atoms with Gasteiger partial charge < -0.3 is 93.7 Å². The van der Waals surface area contributed by atoms with E-state index in [1.165, 1.54) is 24.7 Å². The van der Waals surface area contributed by atoms with Gasteiger partial charge in [0.25, 0.3) is 0 Å². The maximum absolute atomic E-state index is 13.7. The number of ether oxygens (including phenoxy) is 9. The highest BCUT2D eigenvalue weighted by Gasteiger charge is 2.55. The monoisotopic (exact) mass is 910 g/mol. The Morgan fingerprint density at radius 2 is 1.03 bits per heavy atom. The molecule has 0 aromatic rings. The SMILES string of the molecule is CSC(=O)OCC1=C[C@H](O)[C@@H]2C(C(=O)O)=CO[C@@H](O[C@@H]3O[C@H](COC(=O)C4=CO[C@@H](O[C@@H]5O[C@H](CO)[C@@H](O)[C@H](O)[C@H]5O)[C@@H]5C(COC(=O)SC)=C[C@H](O)[C@H]45)[C@@H](O)[C@H](O)[C@H]3O)[C@H]12. The van der Waals surface area contributed by atoms with Gasteiger partial charge in [-0.25, -0.2) is 19.2 Å². The molecule has 2 saturated heterocycles. The Hall–Kier alpha value is -3.38. The summed E-state index contributed by atoms with van der Waals surface area (Å²) in [5, 5.41) is 104. The average molecular weight is 911 g/mol. The van der Waals surface area contributed by atoms with Gasteiger partial charge in [0, 0.05) is 11.8 Å². The molecule has 0 aromatic carbocycles. The summed E-state index contributed by atoms with van der Waals surface area (Å²) in [6.45, 7) is -2.39. The van der Waals surface area contributed by atoms with Gasteiger partial charge in [-0.2, -0.15) is 0 Å². The Bertz CT molecular complexity index is 1770. The third kappa shape index (κ3) is 9.75. The molecule has 2 aliphatic carbocycles. The first-order valence-corrected chi connectivity index (χ1v) is 21.1. The van der Waals surface area contributed by atoms with Gasteiger partial charge in [0.1, 0.15) is 68.7 Å². The minimum atomic E-state index is -1.98. The van der Waals surface area contributed by atoms with Crippen LogP contribution in [0.2, 0.25) is 0 Å². The van der Waals surface area contributed by atoms with E-state index in [4.69, 9.17) is 42.6 Å². The van der Waals surface area contributed by atoms with E-state index < -0.39 is 159 Å². The number of aliphatic hydroxyl groups excluding tert-OH is 9. The molecule has 0 spiro atoms. The number of thioether (sulfide) groups is 2. The van der Waals surface area contributed by atoms with Crippen molar-refractivity contribution in [1.29, 1.82) is 0 Å². The van der Waals surface area contributed by atoms with Crippen LogP contribution >= 0.6 is 23.5 Å². The molecule has 0 saturated carbocycles. The van der Waals surface area contributed by atoms with Crippen LogP contribution < -0.4 is 0 Å². The summed E-state index contributed by atoms with van der Waals surface area (Å²) in [5.74, 6) is -7.23. The molecule has 6 rings (SSSR count). The molecular formula is C36H46O23S2. The van der Waals surface area contributed by atoms with Crippen molar-refractivity contribution in [3.05, 3.63) is 47.0 Å². The lowest BCUT2D eigenvalue weighted by molar-refractivity contribution is -0.341. The van der Waals surface area contributed by atoms with E-state index in [1.54, 1.807) is 0 Å². The third-order valence-electron chi connectivity index (χ3n) is 11.1. The molecule has 18 atom stereocenters. The maximum Gasteiger partial charge on any atom is 0.367 e. The fourth-order valence-corrected chi connectivity index (χ4v) is 8.31. The standard InChI is InChI=1S/C36H46O23S2/c1-60-35(49)54-6-11-3-15(38)21-13(29(46)47)8-52-31(19(11)21)59-34-28(45)26(43)24(41)18(57-34)10-51-30(48)14-9-53-32(58-33-27(44)25(42)23(40)17(5-37)56-33)20-12(4-16(39)22(14)20)7-55-36(50)61-2/h3-4,8-9,15-28,31-34,37-45H,5-7,10H2,1-2H3,(H,46,47)/t15-,16-,17+,18+,19+,20+,21-,22-,23+,24+,25-,26-,27+,28+,31-,32-,33-,34-/m0/s1. The number of rotatable bonds is 13. The predicted octanol–water partition coefficient (Wildman–Crippen LogP) is -3.20. The molecule has 23 nitrogen and oxygen atoms in total. The van der Waals surface area contributed by atoms with Crippen LogP contribution in [0.3, 0.4) is 0 Å². The quantitative estimate of drug-likeness (QED) is 0.0494. The molecule has 0 amide bonds. The van der Waals surface area contributed by atoms with Gasteiger partial charge in [-0.3, -0.25) is 0 Å². The first kappa shape index (κ1) is 47.1. The van der Waals surface area contributed by atoms with Gasteiger partial charge in [-0.05, 0) is 47.2 Å². The molecule has 10 N–H and O–H groups in total. The van der Waals surface area contributed by atoms with Crippen LogP contribution in [0.25, 0.3) is 0 Å². The zero-order valence-electron chi connectivity index (χ0n) is 32.1. The number of carbonyl (C=O) groups is 4. The molecule has 0 unspecified atom stereocenters. The minimum absolute atomic E-state index is 0.198. The van der Waals surface area contributed by atoms with Gasteiger partial charge >= 0.3 is 22.5 Å². The number of carboxylic acids is 1. The van der Waals surface area contributed by atoms with Crippen molar-refractivity contribution in [2.24, 2.45) is 23.7 Å². The Labute approximate surface area is 354 Å². The van der Waals surface area contributed by atoms with Crippen LogP contribution in [-0.2, 0) is 52.2 Å². The molecule has 0 bridgehead atoms. The average Bonchev–Trinajstić information content (AvgIpc) is 3.77. The Morgan fingerprint density at radius 3 is 1.49 bits per heavy atom. The van der Waals surface area contributed by atoms with Crippen LogP contribution in [0.1, 0.15) is 0 Å². The molecule has 2 fully saturated rings. The summed E-state index contributed by atoms with van der Waals surface area (Å²) >= 11 is 1.52. The van der Waals surface area contributed by atoms with Gasteiger partial charge in [0.05, 0.1) is 54.3 Å². The van der Waals surface area contributed by atoms with Crippen molar-refractivity contribution in [3.8, 4) is 0 Å². The second-order valence-corrected chi connectivity index (χ2v) is 16.1. The highest BCUT2D eigenvalue weighted by Crippen LogP contribution is 2.46. The van der Waals surface area contributed by atoms with E-state index in [0.29, 0.717) is 0 Å². The fourth-order valence-electron chi connectivity index (χ4n) is 7.96. The Balaban J connectivity index is 1.17. The second kappa shape index (κ2) is 20.0. The lowest BCUT2D eigenvalue weighted by atomic mass is 9.82. The van der Waals surface area contributed by atoms with E-state index in [2.05, 4.69) is 0 Å². The first-order chi connectivity index (χ1) is 29.0. The van der Waals surface area contributed by atoms with Gasteiger partial charge in [0.15, 0.2) is 12.6 Å². The van der Waals surface area contributed by atoms with Crippen molar-refractivity contribution < 1.29 is 113 Å². The normalized spacial score (nSPS) is 40.4. The van der Waals surface area contributed by atoms with E-state index in [-0.39, 0.29) is 22.3 Å². The van der Waals surface area contributed by atoms with E-state index in [9.17, 15) is 70.2 Å². The topological polar surface area (TPSA) is 354 Å². The smallest absolute Gasteiger partial charge is 0.367 e. The fraction of sp³-hybridized carbons (Fsp3) is 0.667. The summed E-state index contributed by atoms with van der Waals surface area (Å²) in [7, 11) is 0. The maximum atomic E-state index is 13.7. The number of carboxylic acid groups (broad SMARTS) is 1. The molecule has 340 valence electrons. The van der Waals surface area contributed by atoms with E-state index in [0.717, 1.165) is 36.0 Å². The van der Waals surface area contributed by atoms with Crippen LogP contribution in [0.5, 0.6) is 0 Å². The molecule has 0 aromatic heterocycles. The third-order valence-corrected chi connectivity index (χ3v) is 12.0. The summed E-state index contributed by atoms with van der Waals surface area (Å²) < 4.78 is 50.0. The second-order valence-electron chi connectivity index (χ2n) is 14.6. The van der Waals surface area contributed by atoms with Crippen molar-refractivity contribution in [3.63, 3.8) is 0 Å². The number of carbonyl (C=O) groups excluding carboxylic acids is 3. The van der Waals surface area contributed by atoms with Crippen LogP contribution in [0.15, 0.2) is 47.0 Å². The zero-order chi connectivity index (χ0) is 44.4. The van der Waals surface area contributed by atoms with Crippen molar-refractivity contribution in [1.82, 2.24) is 0 Å². The highest BCUT2D eigenvalue weighted by atomic mass is 32.2. The molecule has 25 heteroatoms. The number of fused-ring (bicyclic) bond motifs is 2. The molecule has 6 aliphatic rings. The number of esters is 1. The molecule has 0 radical (unpaired) electrons. The Kier molecular flexibility index (Phi) is 15.4. The molecule has 61 heavy (non-hydrogen) atoms. The van der Waals surface area contributed by atoms with E-state index in [1.807, 2.05) is 0 Å². The Morgan fingerprint density at radius 1 is 0.590 bits per heavy atom. The lowest BCUT2D eigenvalue weighted by Crippen LogP contribution is -2.60. The molecular weight excluding hydrogens is 865 g/mol. The lowest BCUT2D eigenvalue weighted by Gasteiger charge is -2.43. The predicted molar refractivity (Wildman–Crippen MR) is 199 cm³/mol. The largest absolute Gasteiger partial charge is 0.478 e. The zero-order valence-corrected chi connectivity index (χ0v) is 33.8. The summed E-state index contributed by atoms with van der Waals surface area (Å²) in [6, 6.07) is 0. The summed E-state index contributed by atoms with van der Waals surface area (Å²) in [5.41, 5.74) is -0.236. The number of hydrogen-bond donors (Lipinski definition) is 10. The van der Waals surface area contributed by atoms with Crippen molar-refractivity contribution in [2.45, 2.75) is 86.2 Å². The van der Waals surface area contributed by atoms with E-state index >= 15 is 0 Å². The number of aliphatic hydroxyl groups is 9. The van der Waals surface area contributed by atoms with Crippen molar-refractivity contribution >= 4 is 46.1 Å². The van der Waals surface area contributed by atoms with Gasteiger partial charge in [-0.1, -0.05) is 12.2 Å². The molecule has 4 aliphatic heterocycles. The van der Waals surface area contributed by atoms with Crippen LogP contribution in [0, 0.1) is 23.7 Å². The number of aliphatic carboxylic acids is 1. The first-order valence-electron chi connectivity index (χ1n) is 18.6. The summed E-state index contributed by atoms with van der Waals surface area (Å²) in [4.78, 5) is 49.6. The van der Waals surface area contributed by atoms with Gasteiger partial charge in [0.2, 0.25) is 12.6 Å². The highest BCUT2D eigenvalue weighted by molar-refractivity contribution is 8.12.